The zero-order valence-electron chi connectivity index (χ0n) is 43.2. The molecule has 63 heavy (non-hydrogen) atoms. The van der Waals surface area contributed by atoms with Crippen molar-refractivity contribution >= 4 is 17.9 Å². The third-order valence-corrected chi connectivity index (χ3v) is 13.0. The number of carbonyl (C=O) groups excluding carboxylic acids is 3. The summed E-state index contributed by atoms with van der Waals surface area (Å²) in [4.78, 5) is 38.1. The van der Waals surface area contributed by atoms with Gasteiger partial charge in [0.05, 0.1) is 0 Å². The minimum absolute atomic E-state index is 0.0629. The molecule has 0 aliphatic rings. The molecule has 1 atom stereocenters. The predicted octanol–water partition coefficient (Wildman–Crippen LogP) is 18.5. The summed E-state index contributed by atoms with van der Waals surface area (Å²) in [6.45, 7) is 11.4. The van der Waals surface area contributed by atoms with Crippen LogP contribution in [-0.4, -0.2) is 37.2 Å². The zero-order valence-corrected chi connectivity index (χ0v) is 43.2. The standard InChI is InChI=1S/C57H110O6/c1-6-7-8-9-10-11-12-22-27-32-37-42-47-55(58)61-50-54(51-62-56(59)48-43-38-33-28-24-19-21-26-31-36-41-46-53(4)5)63-57(60)49-44-39-34-29-23-18-16-14-13-15-17-20-25-30-35-40-45-52(2)3/h52-54H,6-51H2,1-5H3/t54-/m1/s1. The third-order valence-electron chi connectivity index (χ3n) is 13.0. The van der Waals surface area contributed by atoms with Gasteiger partial charge in [-0.05, 0) is 31.1 Å². The van der Waals surface area contributed by atoms with Gasteiger partial charge in [-0.1, -0.05) is 279 Å². The lowest BCUT2D eigenvalue weighted by atomic mass is 10.0. The average Bonchev–Trinajstić information content (AvgIpc) is 3.25. The number of rotatable bonds is 51. The predicted molar refractivity (Wildman–Crippen MR) is 270 cm³/mol. The molecule has 0 saturated heterocycles. The number of esters is 3. The average molecular weight is 892 g/mol. The van der Waals surface area contributed by atoms with Crippen LogP contribution in [0.5, 0.6) is 0 Å². The van der Waals surface area contributed by atoms with Crippen molar-refractivity contribution < 1.29 is 28.6 Å². The van der Waals surface area contributed by atoms with E-state index in [0.717, 1.165) is 69.6 Å². The molecule has 0 aliphatic carbocycles. The van der Waals surface area contributed by atoms with Gasteiger partial charge in [-0.3, -0.25) is 14.4 Å². The molecule has 0 unspecified atom stereocenters. The summed E-state index contributed by atoms with van der Waals surface area (Å²) in [5, 5.41) is 0. The lowest BCUT2D eigenvalue weighted by Crippen LogP contribution is -2.30. The molecule has 0 aromatic heterocycles. The van der Waals surface area contributed by atoms with Crippen molar-refractivity contribution in [1.82, 2.24) is 0 Å². The second-order valence-electron chi connectivity index (χ2n) is 20.5. The number of hydrogen-bond acceptors (Lipinski definition) is 6. The van der Waals surface area contributed by atoms with Crippen LogP contribution in [0.25, 0.3) is 0 Å². The molecule has 6 heteroatoms. The van der Waals surface area contributed by atoms with E-state index in [0.29, 0.717) is 19.3 Å². The fraction of sp³-hybridized carbons (Fsp3) is 0.947. The van der Waals surface area contributed by atoms with Crippen LogP contribution in [0.4, 0.5) is 0 Å². The van der Waals surface area contributed by atoms with E-state index in [2.05, 4.69) is 34.6 Å². The van der Waals surface area contributed by atoms with Crippen molar-refractivity contribution in [3.63, 3.8) is 0 Å². The highest BCUT2D eigenvalue weighted by atomic mass is 16.6. The van der Waals surface area contributed by atoms with Crippen molar-refractivity contribution in [1.29, 1.82) is 0 Å². The second-order valence-corrected chi connectivity index (χ2v) is 20.5. The highest BCUT2D eigenvalue weighted by molar-refractivity contribution is 5.71. The Morgan fingerprint density at radius 2 is 0.524 bits per heavy atom. The zero-order chi connectivity index (χ0) is 46.1. The fourth-order valence-corrected chi connectivity index (χ4v) is 8.70. The SMILES string of the molecule is CCCCCCCCCCCCCCC(=O)OC[C@H](COC(=O)CCCCCCCCCCCCCC(C)C)OC(=O)CCCCCCCCCCCCCCCCCCC(C)C. The molecule has 0 bridgehead atoms. The van der Waals surface area contributed by atoms with Crippen LogP contribution >= 0.6 is 0 Å². The van der Waals surface area contributed by atoms with Gasteiger partial charge in [-0.15, -0.1) is 0 Å². The van der Waals surface area contributed by atoms with Gasteiger partial charge < -0.3 is 14.2 Å². The summed E-state index contributed by atoms with van der Waals surface area (Å²) in [7, 11) is 0. The first-order valence-electron chi connectivity index (χ1n) is 28.2. The van der Waals surface area contributed by atoms with Crippen LogP contribution in [0.3, 0.4) is 0 Å². The molecular formula is C57H110O6. The molecule has 0 fully saturated rings. The fourth-order valence-electron chi connectivity index (χ4n) is 8.70. The Labute approximate surface area is 393 Å². The van der Waals surface area contributed by atoms with Crippen LogP contribution in [-0.2, 0) is 28.6 Å². The van der Waals surface area contributed by atoms with Crippen LogP contribution in [0.15, 0.2) is 0 Å². The van der Waals surface area contributed by atoms with E-state index in [9.17, 15) is 14.4 Å². The number of carbonyl (C=O) groups is 3. The Bertz CT molecular complexity index is 962. The lowest BCUT2D eigenvalue weighted by molar-refractivity contribution is -0.167. The maximum Gasteiger partial charge on any atom is 0.306 e. The van der Waals surface area contributed by atoms with Gasteiger partial charge in [0.2, 0.25) is 0 Å². The maximum atomic E-state index is 12.8. The van der Waals surface area contributed by atoms with Gasteiger partial charge >= 0.3 is 17.9 Å². The summed E-state index contributed by atoms with van der Waals surface area (Å²) in [5.74, 6) is 0.837. The Hall–Kier alpha value is -1.59. The smallest absolute Gasteiger partial charge is 0.306 e. The summed E-state index contributed by atoms with van der Waals surface area (Å²) in [6, 6.07) is 0. The van der Waals surface area contributed by atoms with Crippen LogP contribution in [0, 0.1) is 11.8 Å². The van der Waals surface area contributed by atoms with Gasteiger partial charge in [0.1, 0.15) is 13.2 Å². The summed E-state index contributed by atoms with van der Waals surface area (Å²) in [5.41, 5.74) is 0. The third kappa shape index (κ3) is 51.3. The quantitative estimate of drug-likeness (QED) is 0.0344. The summed E-state index contributed by atoms with van der Waals surface area (Å²) < 4.78 is 16.9. The molecule has 0 spiro atoms. The number of unbranched alkanes of at least 4 members (excludes halogenated alkanes) is 36. The Kier molecular flexibility index (Phi) is 48.6. The largest absolute Gasteiger partial charge is 0.462 e. The lowest BCUT2D eigenvalue weighted by Gasteiger charge is -2.18. The van der Waals surface area contributed by atoms with E-state index in [1.165, 1.54) is 205 Å². The van der Waals surface area contributed by atoms with Gasteiger partial charge in [0, 0.05) is 19.3 Å². The van der Waals surface area contributed by atoms with E-state index in [4.69, 9.17) is 14.2 Å². The van der Waals surface area contributed by atoms with Gasteiger partial charge in [0.25, 0.3) is 0 Å². The molecule has 0 aromatic carbocycles. The van der Waals surface area contributed by atoms with Crippen LogP contribution < -0.4 is 0 Å². The topological polar surface area (TPSA) is 78.9 Å². The first-order chi connectivity index (χ1) is 30.7. The van der Waals surface area contributed by atoms with Crippen molar-refractivity contribution in [3.8, 4) is 0 Å². The normalized spacial score (nSPS) is 12.0. The van der Waals surface area contributed by atoms with Crippen LogP contribution in [0.2, 0.25) is 0 Å². The molecule has 0 saturated carbocycles. The van der Waals surface area contributed by atoms with Gasteiger partial charge in [-0.2, -0.15) is 0 Å². The maximum absolute atomic E-state index is 12.8. The van der Waals surface area contributed by atoms with Crippen LogP contribution in [0.1, 0.15) is 317 Å². The molecule has 0 heterocycles. The van der Waals surface area contributed by atoms with E-state index >= 15 is 0 Å². The molecule has 0 amide bonds. The highest BCUT2D eigenvalue weighted by Gasteiger charge is 2.19. The molecule has 0 aliphatic heterocycles. The Morgan fingerprint density at radius 1 is 0.302 bits per heavy atom. The monoisotopic (exact) mass is 891 g/mol. The second kappa shape index (κ2) is 49.8. The summed E-state index contributed by atoms with van der Waals surface area (Å²) in [6.07, 6.45) is 52.3. The van der Waals surface area contributed by atoms with E-state index < -0.39 is 6.10 Å². The van der Waals surface area contributed by atoms with Crippen molar-refractivity contribution in [3.05, 3.63) is 0 Å². The summed E-state index contributed by atoms with van der Waals surface area (Å²) >= 11 is 0. The molecular weight excluding hydrogens is 781 g/mol. The first-order valence-corrected chi connectivity index (χ1v) is 28.2. The van der Waals surface area contributed by atoms with E-state index in [1.807, 2.05) is 0 Å². The van der Waals surface area contributed by atoms with Crippen molar-refractivity contribution in [2.45, 2.75) is 323 Å². The molecule has 0 rings (SSSR count). The minimum atomic E-state index is -0.762. The minimum Gasteiger partial charge on any atom is -0.462 e. The number of ether oxygens (including phenoxy) is 3. The van der Waals surface area contributed by atoms with Gasteiger partial charge in [0.15, 0.2) is 6.10 Å². The molecule has 374 valence electrons. The van der Waals surface area contributed by atoms with Gasteiger partial charge in [-0.25, -0.2) is 0 Å². The van der Waals surface area contributed by atoms with E-state index in [1.54, 1.807) is 0 Å². The molecule has 0 N–H and O–H groups in total. The Balaban J connectivity index is 4.28. The number of hydrogen-bond donors (Lipinski definition) is 0. The first kappa shape index (κ1) is 61.4. The van der Waals surface area contributed by atoms with Crippen molar-refractivity contribution in [2.24, 2.45) is 11.8 Å². The molecule has 0 aromatic rings. The molecule has 6 nitrogen and oxygen atoms in total. The molecule has 0 radical (unpaired) electrons. The Morgan fingerprint density at radius 3 is 0.778 bits per heavy atom. The highest BCUT2D eigenvalue weighted by Crippen LogP contribution is 2.18. The van der Waals surface area contributed by atoms with Crippen molar-refractivity contribution in [2.75, 3.05) is 13.2 Å². The van der Waals surface area contributed by atoms with E-state index in [-0.39, 0.29) is 31.1 Å².